The SMILES string of the molecule is COc1ccc(Br)c(C(=O)N2CCC(NC(=O)OC(C)(C)C)CC2)c1. The summed E-state index contributed by atoms with van der Waals surface area (Å²) in [5, 5.41) is 2.88. The summed E-state index contributed by atoms with van der Waals surface area (Å²) in [6.45, 7) is 6.67. The number of alkyl carbamates (subject to hydrolysis) is 1. The zero-order valence-corrected chi connectivity index (χ0v) is 16.7. The summed E-state index contributed by atoms with van der Waals surface area (Å²) in [5.41, 5.74) is 0.0669. The first-order valence-corrected chi connectivity index (χ1v) is 9.11. The number of rotatable bonds is 3. The van der Waals surface area contributed by atoms with E-state index >= 15 is 0 Å². The first kappa shape index (κ1) is 19.6. The van der Waals surface area contributed by atoms with Crippen LogP contribution in [0.15, 0.2) is 22.7 Å². The summed E-state index contributed by atoms with van der Waals surface area (Å²) in [6, 6.07) is 5.37. The Bertz CT molecular complexity index is 634. The summed E-state index contributed by atoms with van der Waals surface area (Å²) >= 11 is 3.42. The number of piperidine rings is 1. The van der Waals surface area contributed by atoms with E-state index in [1.165, 1.54) is 0 Å². The second-order valence-corrected chi connectivity index (χ2v) is 7.91. The van der Waals surface area contributed by atoms with Gasteiger partial charge in [0.15, 0.2) is 0 Å². The fraction of sp³-hybridized carbons (Fsp3) is 0.556. The van der Waals surface area contributed by atoms with Crippen molar-refractivity contribution in [2.75, 3.05) is 20.2 Å². The Morgan fingerprint density at radius 1 is 1.24 bits per heavy atom. The van der Waals surface area contributed by atoms with E-state index in [1.54, 1.807) is 24.1 Å². The number of carbonyl (C=O) groups excluding carboxylic acids is 2. The van der Waals surface area contributed by atoms with Gasteiger partial charge < -0.3 is 19.7 Å². The van der Waals surface area contributed by atoms with Gasteiger partial charge in [0.1, 0.15) is 11.4 Å². The normalized spacial score (nSPS) is 15.6. The first-order chi connectivity index (χ1) is 11.7. The minimum Gasteiger partial charge on any atom is -0.497 e. The second kappa shape index (κ2) is 8.08. The summed E-state index contributed by atoms with van der Waals surface area (Å²) in [7, 11) is 1.57. The number of carbonyl (C=O) groups is 2. The topological polar surface area (TPSA) is 67.9 Å². The molecule has 0 aromatic heterocycles. The van der Waals surface area contributed by atoms with Crippen LogP contribution in [0.3, 0.4) is 0 Å². The van der Waals surface area contributed by atoms with Gasteiger partial charge in [-0.15, -0.1) is 0 Å². The molecule has 1 aromatic carbocycles. The van der Waals surface area contributed by atoms with E-state index in [-0.39, 0.29) is 11.9 Å². The summed E-state index contributed by atoms with van der Waals surface area (Å²) < 4.78 is 11.2. The highest BCUT2D eigenvalue weighted by molar-refractivity contribution is 9.10. The molecule has 1 fully saturated rings. The molecular formula is C18H25BrN2O4. The molecule has 0 radical (unpaired) electrons. The maximum atomic E-state index is 12.7. The van der Waals surface area contributed by atoms with Crippen LogP contribution in [0.4, 0.5) is 4.79 Å². The molecule has 25 heavy (non-hydrogen) atoms. The Hall–Kier alpha value is -1.76. The molecule has 0 bridgehead atoms. The highest BCUT2D eigenvalue weighted by Gasteiger charge is 2.27. The van der Waals surface area contributed by atoms with Crippen LogP contribution in [-0.2, 0) is 4.74 Å². The lowest BCUT2D eigenvalue weighted by Crippen LogP contribution is -2.47. The van der Waals surface area contributed by atoms with E-state index in [4.69, 9.17) is 9.47 Å². The van der Waals surface area contributed by atoms with Crippen LogP contribution in [0, 0.1) is 0 Å². The van der Waals surface area contributed by atoms with E-state index in [0.29, 0.717) is 37.2 Å². The van der Waals surface area contributed by atoms with Gasteiger partial charge in [0, 0.05) is 23.6 Å². The number of benzene rings is 1. The van der Waals surface area contributed by atoms with Crippen molar-refractivity contribution >= 4 is 27.9 Å². The van der Waals surface area contributed by atoms with Gasteiger partial charge >= 0.3 is 6.09 Å². The summed E-state index contributed by atoms with van der Waals surface area (Å²) in [6.07, 6.45) is 0.992. The zero-order chi connectivity index (χ0) is 18.6. The summed E-state index contributed by atoms with van der Waals surface area (Å²) in [5.74, 6) is 0.606. The number of amides is 2. The molecule has 1 aliphatic heterocycles. The van der Waals surface area contributed by atoms with E-state index in [0.717, 1.165) is 4.47 Å². The molecule has 1 saturated heterocycles. The lowest BCUT2D eigenvalue weighted by atomic mass is 10.0. The number of nitrogens with zero attached hydrogens (tertiary/aromatic N) is 1. The van der Waals surface area contributed by atoms with Gasteiger partial charge in [0.2, 0.25) is 0 Å². The number of ether oxygens (including phenoxy) is 2. The van der Waals surface area contributed by atoms with Crippen LogP contribution < -0.4 is 10.1 Å². The number of hydrogen-bond donors (Lipinski definition) is 1. The van der Waals surface area contributed by atoms with Crippen LogP contribution >= 0.6 is 15.9 Å². The molecule has 138 valence electrons. The molecule has 0 aliphatic carbocycles. The predicted molar refractivity (Wildman–Crippen MR) is 99.0 cm³/mol. The maximum absolute atomic E-state index is 12.7. The standard InChI is InChI=1S/C18H25BrN2O4/c1-18(2,3)25-17(23)20-12-7-9-21(10-8-12)16(22)14-11-13(24-4)5-6-15(14)19/h5-6,11-12H,7-10H2,1-4H3,(H,20,23). The van der Waals surface area contributed by atoms with Gasteiger partial charge in [0.25, 0.3) is 5.91 Å². The third kappa shape index (κ3) is 5.63. The number of methoxy groups -OCH3 is 1. The van der Waals surface area contributed by atoms with Crippen LogP contribution in [0.25, 0.3) is 0 Å². The fourth-order valence-electron chi connectivity index (χ4n) is 2.67. The van der Waals surface area contributed by atoms with Crippen molar-refractivity contribution in [2.24, 2.45) is 0 Å². The highest BCUT2D eigenvalue weighted by atomic mass is 79.9. The molecular weight excluding hydrogens is 388 g/mol. The van der Waals surface area contributed by atoms with E-state index in [9.17, 15) is 9.59 Å². The van der Waals surface area contributed by atoms with Crippen molar-refractivity contribution < 1.29 is 19.1 Å². The average molecular weight is 413 g/mol. The predicted octanol–water partition coefficient (Wildman–Crippen LogP) is 3.59. The lowest BCUT2D eigenvalue weighted by molar-refractivity contribution is 0.0473. The van der Waals surface area contributed by atoms with Gasteiger partial charge in [0.05, 0.1) is 12.7 Å². The molecule has 2 rings (SSSR count). The van der Waals surface area contributed by atoms with Crippen molar-refractivity contribution in [1.29, 1.82) is 0 Å². The third-order valence-corrected chi connectivity index (χ3v) is 4.60. The lowest BCUT2D eigenvalue weighted by Gasteiger charge is -2.33. The van der Waals surface area contributed by atoms with Crippen molar-refractivity contribution in [2.45, 2.75) is 45.3 Å². The number of likely N-dealkylation sites (tertiary alicyclic amines) is 1. The number of hydrogen-bond acceptors (Lipinski definition) is 4. The molecule has 1 aromatic rings. The average Bonchev–Trinajstić information content (AvgIpc) is 2.53. The Balaban J connectivity index is 1.91. The Morgan fingerprint density at radius 3 is 2.44 bits per heavy atom. The van der Waals surface area contributed by atoms with E-state index in [1.807, 2.05) is 26.8 Å². The third-order valence-electron chi connectivity index (χ3n) is 3.91. The van der Waals surface area contributed by atoms with Gasteiger partial charge in [-0.1, -0.05) is 0 Å². The quantitative estimate of drug-likeness (QED) is 0.823. The van der Waals surface area contributed by atoms with Gasteiger partial charge in [-0.25, -0.2) is 4.79 Å². The molecule has 2 amide bonds. The molecule has 1 N–H and O–H groups in total. The first-order valence-electron chi connectivity index (χ1n) is 8.32. The van der Waals surface area contributed by atoms with E-state index in [2.05, 4.69) is 21.2 Å². The smallest absolute Gasteiger partial charge is 0.407 e. The molecule has 0 spiro atoms. The minimum absolute atomic E-state index is 0.0210. The monoisotopic (exact) mass is 412 g/mol. The van der Waals surface area contributed by atoms with Crippen LogP contribution in [0.1, 0.15) is 44.0 Å². The molecule has 7 heteroatoms. The Morgan fingerprint density at radius 2 is 1.88 bits per heavy atom. The maximum Gasteiger partial charge on any atom is 0.407 e. The molecule has 1 aliphatic rings. The van der Waals surface area contributed by atoms with Gasteiger partial charge in [-0.3, -0.25) is 4.79 Å². The van der Waals surface area contributed by atoms with Crippen LogP contribution in [-0.4, -0.2) is 48.7 Å². The van der Waals surface area contributed by atoms with Gasteiger partial charge in [-0.2, -0.15) is 0 Å². The van der Waals surface area contributed by atoms with Crippen molar-refractivity contribution in [3.63, 3.8) is 0 Å². The van der Waals surface area contributed by atoms with Gasteiger partial charge in [-0.05, 0) is 67.7 Å². The van der Waals surface area contributed by atoms with E-state index < -0.39 is 11.7 Å². The Labute approximate surface area is 157 Å². The number of nitrogens with one attached hydrogen (secondary N) is 1. The number of halogens is 1. The molecule has 0 saturated carbocycles. The molecule has 6 nitrogen and oxygen atoms in total. The second-order valence-electron chi connectivity index (χ2n) is 7.06. The van der Waals surface area contributed by atoms with Crippen molar-refractivity contribution in [3.8, 4) is 5.75 Å². The minimum atomic E-state index is -0.514. The zero-order valence-electron chi connectivity index (χ0n) is 15.1. The van der Waals surface area contributed by atoms with Crippen LogP contribution in [0.2, 0.25) is 0 Å². The van der Waals surface area contributed by atoms with Crippen LogP contribution in [0.5, 0.6) is 5.75 Å². The summed E-state index contributed by atoms with van der Waals surface area (Å²) in [4.78, 5) is 26.4. The molecule has 0 atom stereocenters. The molecule has 0 unspecified atom stereocenters. The largest absolute Gasteiger partial charge is 0.497 e. The van der Waals surface area contributed by atoms with Crippen molar-refractivity contribution in [1.82, 2.24) is 10.2 Å². The molecule has 1 heterocycles. The van der Waals surface area contributed by atoms with Crippen molar-refractivity contribution in [3.05, 3.63) is 28.2 Å². The fourth-order valence-corrected chi connectivity index (χ4v) is 3.08. The Kier molecular flexibility index (Phi) is 6.32. The highest BCUT2D eigenvalue weighted by Crippen LogP contribution is 2.25.